The maximum absolute atomic E-state index is 13.5. The number of hydrogen-bond donors (Lipinski definition) is 0. The van der Waals surface area contributed by atoms with Gasteiger partial charge < -0.3 is 19.4 Å². The van der Waals surface area contributed by atoms with E-state index in [1.165, 1.54) is 4.90 Å². The van der Waals surface area contributed by atoms with Crippen molar-refractivity contribution in [3.8, 4) is 5.75 Å². The van der Waals surface area contributed by atoms with Gasteiger partial charge in [-0.3, -0.25) is 29.5 Å². The van der Waals surface area contributed by atoms with Crippen LogP contribution in [0, 0.1) is 23.0 Å². The summed E-state index contributed by atoms with van der Waals surface area (Å²) in [6.45, 7) is 6.59. The molecule has 47 heavy (non-hydrogen) atoms. The largest absolute Gasteiger partial charge is 0.497 e. The Morgan fingerprint density at radius 2 is 1.53 bits per heavy atom. The van der Waals surface area contributed by atoms with Gasteiger partial charge in [-0.1, -0.05) is 12.1 Å². The second-order valence-corrected chi connectivity index (χ2v) is 12.4. The summed E-state index contributed by atoms with van der Waals surface area (Å²) >= 11 is 0. The van der Waals surface area contributed by atoms with Gasteiger partial charge in [-0.2, -0.15) is 0 Å². The van der Waals surface area contributed by atoms with E-state index in [1.807, 2.05) is 54.3 Å². The van der Waals surface area contributed by atoms with Gasteiger partial charge in [-0.15, -0.1) is 0 Å². The van der Waals surface area contributed by atoms with Gasteiger partial charge in [0.2, 0.25) is 11.8 Å². The summed E-state index contributed by atoms with van der Waals surface area (Å²) in [5.74, 6) is 1.04. The van der Waals surface area contributed by atoms with Crippen molar-refractivity contribution in [1.82, 2.24) is 9.80 Å². The zero-order valence-electron chi connectivity index (χ0n) is 26.8. The van der Waals surface area contributed by atoms with Crippen LogP contribution >= 0.6 is 0 Å². The smallest absolute Gasteiger partial charge is 0.331 e. The van der Waals surface area contributed by atoms with E-state index >= 15 is 0 Å². The number of nitrogens with zero attached hydrogens (tertiary/aromatic N) is 6. The molecule has 3 aliphatic heterocycles. The Hall–Kier alpha value is -5.13. The average Bonchev–Trinajstić information content (AvgIpc) is 3.08. The number of ether oxygens (including phenoxy) is 1. The van der Waals surface area contributed by atoms with E-state index in [9.17, 15) is 24.5 Å². The quantitative estimate of drug-likeness (QED) is 0.241. The van der Waals surface area contributed by atoms with E-state index in [-0.39, 0.29) is 41.4 Å². The van der Waals surface area contributed by atoms with Crippen LogP contribution in [-0.2, 0) is 16.1 Å². The summed E-state index contributed by atoms with van der Waals surface area (Å²) in [6.07, 6.45) is 2.17. The van der Waals surface area contributed by atoms with E-state index in [4.69, 9.17) is 4.74 Å². The first-order valence-electron chi connectivity index (χ1n) is 16.1. The van der Waals surface area contributed by atoms with Crippen molar-refractivity contribution < 1.29 is 24.0 Å². The predicted octanol–water partition coefficient (Wildman–Crippen LogP) is 4.84. The minimum atomic E-state index is -0.385. The van der Waals surface area contributed by atoms with Crippen molar-refractivity contribution in [2.45, 2.75) is 32.7 Å². The number of nitro groups is 1. The van der Waals surface area contributed by atoms with Crippen molar-refractivity contribution in [1.29, 1.82) is 0 Å². The van der Waals surface area contributed by atoms with Gasteiger partial charge >= 0.3 is 6.03 Å². The van der Waals surface area contributed by atoms with Gasteiger partial charge in [0.25, 0.3) is 5.69 Å². The fourth-order valence-electron chi connectivity index (χ4n) is 6.71. The Balaban J connectivity index is 1.02. The summed E-state index contributed by atoms with van der Waals surface area (Å²) in [5.41, 5.74) is 4.53. The highest BCUT2D eigenvalue weighted by atomic mass is 16.6. The topological polar surface area (TPSA) is 120 Å². The van der Waals surface area contributed by atoms with Crippen LogP contribution in [0.2, 0.25) is 0 Å². The molecule has 246 valence electrons. The maximum Gasteiger partial charge on any atom is 0.331 e. The minimum Gasteiger partial charge on any atom is -0.497 e. The minimum absolute atomic E-state index is 0.0928. The van der Waals surface area contributed by atoms with Crippen molar-refractivity contribution in [2.75, 3.05) is 67.6 Å². The van der Waals surface area contributed by atoms with Crippen LogP contribution in [0.15, 0.2) is 66.7 Å². The number of rotatable bonds is 9. The van der Waals surface area contributed by atoms with E-state index in [1.54, 1.807) is 36.3 Å². The Morgan fingerprint density at radius 3 is 2.17 bits per heavy atom. The van der Waals surface area contributed by atoms with E-state index in [0.29, 0.717) is 31.3 Å². The van der Waals surface area contributed by atoms with Crippen LogP contribution < -0.4 is 19.4 Å². The number of piperidine rings is 1. The van der Waals surface area contributed by atoms with Gasteiger partial charge in [0, 0.05) is 74.9 Å². The normalized spacial score (nSPS) is 17.8. The van der Waals surface area contributed by atoms with Crippen LogP contribution in [0.4, 0.5) is 27.5 Å². The SMILES string of the molecule is COc1ccc(CN2C(=O)CCN(c3ccc(N4CCN(CC5CCN(c6ccc([N+](=O)[O-])cc6)CC5)C(=O)C4)cc3C)C2=O)cc1. The second-order valence-electron chi connectivity index (χ2n) is 12.4. The Morgan fingerprint density at radius 1 is 0.830 bits per heavy atom. The molecule has 12 heteroatoms. The third-order valence-electron chi connectivity index (χ3n) is 9.49. The molecule has 6 rings (SSSR count). The molecule has 0 aliphatic carbocycles. The molecule has 0 radical (unpaired) electrons. The van der Waals surface area contributed by atoms with E-state index < -0.39 is 0 Å². The Bertz CT molecular complexity index is 1640. The lowest BCUT2D eigenvalue weighted by Crippen LogP contribution is -2.52. The molecule has 3 aromatic rings. The number of anilines is 3. The summed E-state index contributed by atoms with van der Waals surface area (Å²) in [5, 5.41) is 11.0. The number of carbonyl (C=O) groups excluding carboxylic acids is 3. The molecule has 3 aromatic carbocycles. The van der Waals surface area contributed by atoms with Gasteiger partial charge in [-0.25, -0.2) is 4.79 Å². The van der Waals surface area contributed by atoms with E-state index in [2.05, 4.69) is 9.80 Å². The van der Waals surface area contributed by atoms with Gasteiger partial charge in [0.15, 0.2) is 0 Å². The second kappa shape index (κ2) is 13.7. The molecule has 0 bridgehead atoms. The van der Waals surface area contributed by atoms with Crippen LogP contribution in [0.25, 0.3) is 0 Å². The zero-order chi connectivity index (χ0) is 33.1. The number of nitro benzene ring substituents is 1. The lowest BCUT2D eigenvalue weighted by Gasteiger charge is -2.40. The summed E-state index contributed by atoms with van der Waals surface area (Å²) < 4.78 is 5.21. The first-order chi connectivity index (χ1) is 22.7. The van der Waals surface area contributed by atoms with Crippen LogP contribution in [0.3, 0.4) is 0 Å². The number of benzene rings is 3. The molecular formula is C35H40N6O6. The van der Waals surface area contributed by atoms with Gasteiger partial charge in [0.1, 0.15) is 5.75 Å². The molecule has 3 aliphatic rings. The van der Waals surface area contributed by atoms with Gasteiger partial charge in [0.05, 0.1) is 25.1 Å². The number of piperazine rings is 1. The van der Waals surface area contributed by atoms with Crippen molar-refractivity contribution >= 4 is 40.6 Å². The number of non-ortho nitro benzene ring substituents is 1. The monoisotopic (exact) mass is 640 g/mol. The molecule has 0 atom stereocenters. The predicted molar refractivity (Wildman–Crippen MR) is 179 cm³/mol. The van der Waals surface area contributed by atoms with Crippen LogP contribution in [-0.4, -0.2) is 85.5 Å². The van der Waals surface area contributed by atoms with Gasteiger partial charge in [-0.05, 0) is 79.3 Å². The number of hydrogen-bond acceptors (Lipinski definition) is 8. The number of imide groups is 1. The molecule has 3 heterocycles. The van der Waals surface area contributed by atoms with Crippen LogP contribution in [0.5, 0.6) is 5.75 Å². The number of aryl methyl sites for hydroxylation is 1. The maximum atomic E-state index is 13.5. The first kappa shape index (κ1) is 31.8. The molecule has 3 saturated heterocycles. The lowest BCUT2D eigenvalue weighted by atomic mass is 9.95. The molecule has 4 amide bonds. The molecular weight excluding hydrogens is 600 g/mol. The lowest BCUT2D eigenvalue weighted by molar-refractivity contribution is -0.384. The first-order valence-corrected chi connectivity index (χ1v) is 16.1. The summed E-state index contributed by atoms with van der Waals surface area (Å²) in [7, 11) is 1.59. The molecule has 3 fully saturated rings. The molecule has 12 nitrogen and oxygen atoms in total. The van der Waals surface area contributed by atoms with Crippen molar-refractivity contribution in [3.63, 3.8) is 0 Å². The highest BCUT2D eigenvalue weighted by Crippen LogP contribution is 2.31. The third kappa shape index (κ3) is 7.01. The number of amides is 4. The number of carbonyl (C=O) groups is 3. The average molecular weight is 641 g/mol. The Labute approximate surface area is 274 Å². The molecule has 0 N–H and O–H groups in total. The van der Waals surface area contributed by atoms with E-state index in [0.717, 1.165) is 67.2 Å². The highest BCUT2D eigenvalue weighted by Gasteiger charge is 2.34. The van der Waals surface area contributed by atoms with Crippen molar-refractivity contribution in [3.05, 3.63) is 88.0 Å². The van der Waals surface area contributed by atoms with Crippen LogP contribution in [0.1, 0.15) is 30.4 Å². The molecule has 0 unspecified atom stereocenters. The highest BCUT2D eigenvalue weighted by molar-refractivity contribution is 6.06. The fourth-order valence-corrected chi connectivity index (χ4v) is 6.71. The third-order valence-corrected chi connectivity index (χ3v) is 9.49. The summed E-state index contributed by atoms with van der Waals surface area (Å²) in [6, 6.07) is 19.6. The zero-order valence-corrected chi connectivity index (χ0v) is 26.8. The standard InChI is InChI=1S/C35H40N6O6/c1-25-21-30(9-12-32(25)39-18-15-33(42)40(35(39)44)23-26-3-10-31(47-2)11-4-26)37-19-20-38(34(43)24-37)22-27-13-16-36(17-14-27)28-5-7-29(8-6-28)41(45)46/h3-12,21,27H,13-20,22-24H2,1-2H3. The fraction of sp³-hybridized carbons (Fsp3) is 0.400. The molecule has 0 spiro atoms. The summed E-state index contributed by atoms with van der Waals surface area (Å²) in [4.78, 5) is 59.3. The van der Waals surface area contributed by atoms with Crippen molar-refractivity contribution in [2.24, 2.45) is 5.92 Å². The molecule has 0 aromatic heterocycles. The number of urea groups is 1. The number of methoxy groups -OCH3 is 1. The molecule has 0 saturated carbocycles. The Kier molecular flexibility index (Phi) is 9.28.